The van der Waals surface area contributed by atoms with Crippen molar-refractivity contribution < 1.29 is 19.8 Å². The van der Waals surface area contributed by atoms with Crippen molar-refractivity contribution in [2.45, 2.75) is 79.2 Å². The molecule has 5 unspecified atom stereocenters. The highest BCUT2D eigenvalue weighted by Gasteiger charge is 2.62. The number of hydrogen-bond donors (Lipinski definition) is 2. The van der Waals surface area contributed by atoms with Crippen molar-refractivity contribution in [1.82, 2.24) is 0 Å². The first-order valence-corrected chi connectivity index (χ1v) is 11.8. The van der Waals surface area contributed by atoms with Gasteiger partial charge in [0, 0.05) is 17.4 Å². The Morgan fingerprint density at radius 3 is 2.34 bits per heavy atom. The molecule has 0 aliphatic heterocycles. The van der Waals surface area contributed by atoms with Crippen molar-refractivity contribution in [3.63, 3.8) is 0 Å². The van der Waals surface area contributed by atoms with Gasteiger partial charge in [0.15, 0.2) is 11.5 Å². The van der Waals surface area contributed by atoms with Crippen LogP contribution >= 0.6 is 0 Å². The maximum atomic E-state index is 12.7. The zero-order valence-electron chi connectivity index (χ0n) is 20.1. The molecule has 0 radical (unpaired) electrons. The molecule has 5 aliphatic rings. The maximum absolute atomic E-state index is 12.7. The summed E-state index contributed by atoms with van der Waals surface area (Å²) in [4.78, 5) is 25.2. The lowest BCUT2D eigenvalue weighted by atomic mass is 9.42. The molecule has 170 valence electrons. The van der Waals surface area contributed by atoms with Crippen LogP contribution in [-0.2, 0) is 9.59 Å². The zero-order valence-corrected chi connectivity index (χ0v) is 20.1. The van der Waals surface area contributed by atoms with Crippen LogP contribution in [0.25, 0.3) is 0 Å². The monoisotopic (exact) mass is 434 g/mol. The van der Waals surface area contributed by atoms with E-state index in [1.165, 1.54) is 16.7 Å². The molecule has 2 N–H and O–H groups in total. The summed E-state index contributed by atoms with van der Waals surface area (Å²) in [7, 11) is 0. The Hall–Kier alpha value is -2.20. The molecule has 0 aromatic heterocycles. The molecular weight excluding hydrogens is 400 g/mol. The lowest BCUT2D eigenvalue weighted by Gasteiger charge is -2.62. The van der Waals surface area contributed by atoms with Crippen LogP contribution in [0.5, 0.6) is 0 Å². The van der Waals surface area contributed by atoms with Gasteiger partial charge < -0.3 is 10.2 Å². The average Bonchev–Trinajstić information content (AvgIpc) is 2.69. The van der Waals surface area contributed by atoms with Crippen LogP contribution in [0.15, 0.2) is 57.4 Å². The summed E-state index contributed by atoms with van der Waals surface area (Å²) in [5, 5.41) is 21.1. The van der Waals surface area contributed by atoms with E-state index in [1.807, 2.05) is 6.92 Å². The van der Waals surface area contributed by atoms with Gasteiger partial charge in [0.25, 0.3) is 0 Å². The van der Waals surface area contributed by atoms with E-state index in [1.54, 1.807) is 13.0 Å². The van der Waals surface area contributed by atoms with Gasteiger partial charge >= 0.3 is 0 Å². The van der Waals surface area contributed by atoms with Crippen molar-refractivity contribution >= 4 is 11.6 Å². The summed E-state index contributed by atoms with van der Waals surface area (Å²) in [6, 6.07) is 0. The van der Waals surface area contributed by atoms with Gasteiger partial charge in [-0.15, -0.1) is 0 Å². The van der Waals surface area contributed by atoms with Gasteiger partial charge in [-0.05, 0) is 91.6 Å². The zero-order chi connectivity index (χ0) is 23.4. The topological polar surface area (TPSA) is 74.6 Å². The fourth-order valence-electron chi connectivity index (χ4n) is 7.91. The number of hydrogen-bond acceptors (Lipinski definition) is 4. The van der Waals surface area contributed by atoms with Gasteiger partial charge in [0.2, 0.25) is 5.78 Å². The number of carbonyl (C=O) groups excluding carboxylic acids is 2. The third-order valence-electron chi connectivity index (χ3n) is 9.62. The third kappa shape index (κ3) is 2.53. The largest absolute Gasteiger partial charge is 0.504 e. The first-order chi connectivity index (χ1) is 14.7. The van der Waals surface area contributed by atoms with E-state index in [-0.39, 0.29) is 39.5 Å². The van der Waals surface area contributed by atoms with E-state index in [2.05, 4.69) is 39.8 Å². The minimum atomic E-state index is -1.27. The molecule has 0 bridgehead atoms. The molecule has 0 aromatic carbocycles. The van der Waals surface area contributed by atoms with E-state index in [4.69, 9.17) is 0 Å². The molecule has 0 aromatic rings. The number of allylic oxidation sites excluding steroid dienone is 9. The van der Waals surface area contributed by atoms with E-state index >= 15 is 0 Å². The minimum Gasteiger partial charge on any atom is -0.504 e. The molecule has 2 saturated carbocycles. The number of aliphatic hydroxyl groups excluding tert-OH is 1. The fourth-order valence-corrected chi connectivity index (χ4v) is 7.91. The maximum Gasteiger partial charge on any atom is 0.220 e. The van der Waals surface area contributed by atoms with Gasteiger partial charge in [-0.2, -0.15) is 0 Å². The molecule has 0 spiro atoms. The van der Waals surface area contributed by atoms with Crippen LogP contribution in [0.3, 0.4) is 0 Å². The number of carbonyl (C=O) groups is 2. The second kappa shape index (κ2) is 6.22. The number of aliphatic hydroxyl groups is 2. The summed E-state index contributed by atoms with van der Waals surface area (Å²) in [5.74, 6) is -0.285. The van der Waals surface area contributed by atoms with Gasteiger partial charge in [-0.1, -0.05) is 38.5 Å². The van der Waals surface area contributed by atoms with Crippen LogP contribution in [0.2, 0.25) is 0 Å². The Kier molecular flexibility index (Phi) is 4.21. The highest BCUT2D eigenvalue weighted by molar-refractivity contribution is 6.06. The molecule has 32 heavy (non-hydrogen) atoms. The Morgan fingerprint density at radius 1 is 0.969 bits per heavy atom. The van der Waals surface area contributed by atoms with E-state index in [0.29, 0.717) is 18.4 Å². The van der Waals surface area contributed by atoms with Crippen LogP contribution in [0.1, 0.15) is 73.6 Å². The normalized spacial score (nSPS) is 43.6. The van der Waals surface area contributed by atoms with Crippen molar-refractivity contribution in [2.24, 2.45) is 22.2 Å². The van der Waals surface area contributed by atoms with Crippen molar-refractivity contribution in [3.05, 3.63) is 57.4 Å². The second-order valence-electron chi connectivity index (χ2n) is 11.9. The fraction of sp³-hybridized carbons (Fsp3) is 0.571. The Bertz CT molecular complexity index is 1140. The lowest BCUT2D eigenvalue weighted by Crippen LogP contribution is -2.58. The molecular formula is C28H34O4. The van der Waals surface area contributed by atoms with Crippen LogP contribution < -0.4 is 0 Å². The van der Waals surface area contributed by atoms with E-state index < -0.39 is 5.60 Å². The van der Waals surface area contributed by atoms with Crippen molar-refractivity contribution in [1.29, 1.82) is 0 Å². The van der Waals surface area contributed by atoms with Gasteiger partial charge in [-0.3, -0.25) is 9.59 Å². The molecule has 4 nitrogen and oxygen atoms in total. The average molecular weight is 435 g/mol. The predicted octanol–water partition coefficient (Wildman–Crippen LogP) is 5.46. The lowest BCUT2D eigenvalue weighted by molar-refractivity contribution is -0.156. The Morgan fingerprint density at radius 2 is 1.66 bits per heavy atom. The highest BCUT2D eigenvalue weighted by atomic mass is 16.3. The Balaban J connectivity index is 1.70. The van der Waals surface area contributed by atoms with Gasteiger partial charge in [0.05, 0.1) is 0 Å². The number of fused-ring (bicyclic) bond motifs is 7. The van der Waals surface area contributed by atoms with Crippen molar-refractivity contribution in [3.8, 4) is 0 Å². The first kappa shape index (κ1) is 21.6. The van der Waals surface area contributed by atoms with E-state index in [0.717, 1.165) is 30.4 Å². The summed E-state index contributed by atoms with van der Waals surface area (Å²) < 4.78 is 0. The molecule has 5 rings (SSSR count). The SMILES string of the molecule is CC1=C2C3=CC=C4C(=CC(=O)C(O)=C4C)C3(C)CCC2(C)C2CC(C)(O)C(=O)CC2(C)C1. The molecule has 0 saturated heterocycles. The summed E-state index contributed by atoms with van der Waals surface area (Å²) in [5.41, 5.74) is 4.74. The standard InChI is InChI=1S/C28H34O4/c1-15-12-25(3)14-22(30)28(6,32)13-21(25)27(5)10-9-26(4)18(23(15)27)8-7-17-16(2)24(31)20(29)11-19(17)26/h7-8,11,21,31-32H,9-10,12-14H2,1-6H3. The molecule has 5 aliphatic carbocycles. The van der Waals surface area contributed by atoms with Crippen LogP contribution in [-0.4, -0.2) is 27.4 Å². The quantitative estimate of drug-likeness (QED) is 0.531. The van der Waals surface area contributed by atoms with E-state index in [9.17, 15) is 19.8 Å². The van der Waals surface area contributed by atoms with Gasteiger partial charge in [-0.25, -0.2) is 0 Å². The number of rotatable bonds is 0. The van der Waals surface area contributed by atoms with Gasteiger partial charge in [0.1, 0.15) is 5.60 Å². The predicted molar refractivity (Wildman–Crippen MR) is 124 cm³/mol. The second-order valence-corrected chi connectivity index (χ2v) is 11.9. The van der Waals surface area contributed by atoms with Crippen LogP contribution in [0.4, 0.5) is 0 Å². The summed E-state index contributed by atoms with van der Waals surface area (Å²) in [6.07, 6.45) is 9.49. The third-order valence-corrected chi connectivity index (χ3v) is 9.62. The Labute approximate surface area is 190 Å². The molecule has 2 fully saturated rings. The summed E-state index contributed by atoms with van der Waals surface area (Å²) in [6.45, 7) is 12.5. The molecule has 4 heteroatoms. The molecule has 0 amide bonds. The van der Waals surface area contributed by atoms with Crippen LogP contribution in [0, 0.1) is 22.2 Å². The molecule has 0 heterocycles. The highest BCUT2D eigenvalue weighted by Crippen LogP contribution is 2.69. The number of Topliss-reactive ketones (excluding diaryl/α,β-unsaturated/α-hetero) is 1. The van der Waals surface area contributed by atoms with Crippen molar-refractivity contribution in [2.75, 3.05) is 0 Å². The minimum absolute atomic E-state index is 0.0332. The first-order valence-electron chi connectivity index (χ1n) is 11.8. The summed E-state index contributed by atoms with van der Waals surface area (Å²) >= 11 is 0. The molecule has 5 atom stereocenters. The number of ketones is 2. The smallest absolute Gasteiger partial charge is 0.220 e.